The Hall–Kier alpha value is -2.18. The van der Waals surface area contributed by atoms with E-state index in [2.05, 4.69) is 28.9 Å². The summed E-state index contributed by atoms with van der Waals surface area (Å²) < 4.78 is 1.12. The van der Waals surface area contributed by atoms with Gasteiger partial charge in [-0.25, -0.2) is 0 Å². The van der Waals surface area contributed by atoms with Gasteiger partial charge in [0.25, 0.3) is 5.91 Å². The van der Waals surface area contributed by atoms with Crippen LogP contribution in [0.5, 0.6) is 0 Å². The van der Waals surface area contributed by atoms with Crippen LogP contribution in [-0.2, 0) is 11.2 Å². The molecule has 1 aromatic heterocycles. The highest BCUT2D eigenvalue weighted by molar-refractivity contribution is 7.21. The van der Waals surface area contributed by atoms with Crippen molar-refractivity contribution in [3.63, 3.8) is 0 Å². The molecular weight excluding hydrogens is 382 g/mol. The van der Waals surface area contributed by atoms with Crippen LogP contribution in [0.25, 0.3) is 10.1 Å². The minimum absolute atomic E-state index is 0.00609. The lowest BCUT2D eigenvalue weighted by Crippen LogP contribution is -2.40. The molecule has 156 valence electrons. The van der Waals surface area contributed by atoms with Crippen molar-refractivity contribution in [3.05, 3.63) is 47.4 Å². The number of carbonyl (C=O) groups is 2. The lowest BCUT2D eigenvalue weighted by molar-refractivity contribution is -0.128. The molecule has 0 spiro atoms. The Morgan fingerprint density at radius 2 is 2.07 bits per heavy atom. The van der Waals surface area contributed by atoms with Crippen LogP contribution in [0, 0.1) is 0 Å². The molecule has 0 aliphatic carbocycles. The number of benzene rings is 1. The van der Waals surface area contributed by atoms with Crippen molar-refractivity contribution in [3.8, 4) is 0 Å². The third kappa shape index (κ3) is 5.25. The van der Waals surface area contributed by atoms with Gasteiger partial charge >= 0.3 is 0 Å². The fourth-order valence-corrected chi connectivity index (χ4v) is 5.14. The number of likely N-dealkylation sites (N-methyl/N-ethyl adjacent to an activating group) is 1. The third-order valence-corrected chi connectivity index (χ3v) is 6.74. The number of hydrogen-bond donors (Lipinski definition) is 1. The molecule has 29 heavy (non-hydrogen) atoms. The highest BCUT2D eigenvalue weighted by Gasteiger charge is 2.27. The maximum Gasteiger partial charge on any atom is 0.261 e. The van der Waals surface area contributed by atoms with E-state index in [0.29, 0.717) is 13.0 Å². The molecule has 1 aliphatic heterocycles. The Kier molecular flexibility index (Phi) is 7.45. The zero-order valence-electron chi connectivity index (χ0n) is 17.4. The van der Waals surface area contributed by atoms with Crippen LogP contribution >= 0.6 is 11.3 Å². The summed E-state index contributed by atoms with van der Waals surface area (Å²) in [5, 5.41) is 4.19. The van der Waals surface area contributed by atoms with E-state index in [1.165, 1.54) is 6.08 Å². The van der Waals surface area contributed by atoms with Crippen molar-refractivity contribution in [2.75, 3.05) is 33.7 Å². The second-order valence-corrected chi connectivity index (χ2v) is 8.96. The maximum absolute atomic E-state index is 13.0. The van der Waals surface area contributed by atoms with Crippen LogP contribution in [0.15, 0.2) is 36.9 Å². The number of nitrogens with one attached hydrogen (secondary N) is 1. The Morgan fingerprint density at radius 1 is 1.28 bits per heavy atom. The Balaban J connectivity index is 1.91. The number of fused-ring (bicyclic) bond motifs is 1. The number of carbonyl (C=O) groups excluding carboxylic acids is 2. The summed E-state index contributed by atoms with van der Waals surface area (Å²) in [4.78, 5) is 30.2. The average Bonchev–Trinajstić information content (AvgIpc) is 2.90. The van der Waals surface area contributed by atoms with E-state index < -0.39 is 0 Å². The quantitative estimate of drug-likeness (QED) is 0.705. The SMILES string of the molecule is C=CC(=O)N1CCCCCC1Cc1c(C(=O)NCCN(C)C)sc2ccccc12. The number of rotatable bonds is 7. The van der Waals surface area contributed by atoms with Gasteiger partial charge in [-0.1, -0.05) is 37.6 Å². The first-order chi connectivity index (χ1) is 14.0. The minimum Gasteiger partial charge on any atom is -0.350 e. The van der Waals surface area contributed by atoms with Crippen molar-refractivity contribution < 1.29 is 9.59 Å². The maximum atomic E-state index is 13.0. The molecule has 1 atom stereocenters. The summed E-state index contributed by atoms with van der Waals surface area (Å²) in [5.41, 5.74) is 1.07. The summed E-state index contributed by atoms with van der Waals surface area (Å²) in [6.07, 6.45) is 6.36. The number of nitrogens with zero attached hydrogens (tertiary/aromatic N) is 2. The van der Waals surface area contributed by atoms with Crippen molar-refractivity contribution in [1.82, 2.24) is 15.1 Å². The van der Waals surface area contributed by atoms with Gasteiger partial charge in [0.1, 0.15) is 0 Å². The average molecular weight is 414 g/mol. The first-order valence-corrected chi connectivity index (χ1v) is 11.2. The molecule has 2 aromatic rings. The van der Waals surface area contributed by atoms with Gasteiger partial charge in [-0.3, -0.25) is 9.59 Å². The smallest absolute Gasteiger partial charge is 0.261 e. The Bertz CT molecular complexity index is 874. The molecule has 1 unspecified atom stereocenters. The van der Waals surface area contributed by atoms with Gasteiger partial charge in [0.05, 0.1) is 4.88 Å². The highest BCUT2D eigenvalue weighted by atomic mass is 32.1. The van der Waals surface area contributed by atoms with E-state index in [0.717, 1.165) is 59.3 Å². The third-order valence-electron chi connectivity index (χ3n) is 5.52. The monoisotopic (exact) mass is 413 g/mol. The Morgan fingerprint density at radius 3 is 2.83 bits per heavy atom. The lowest BCUT2D eigenvalue weighted by atomic mass is 9.98. The van der Waals surface area contributed by atoms with Gasteiger partial charge in [-0.05, 0) is 56.4 Å². The van der Waals surface area contributed by atoms with Crippen molar-refractivity contribution in [1.29, 1.82) is 0 Å². The number of hydrogen-bond acceptors (Lipinski definition) is 4. The first kappa shape index (κ1) is 21.5. The molecule has 3 rings (SSSR count). The number of thiophene rings is 1. The summed E-state index contributed by atoms with van der Waals surface area (Å²) in [5.74, 6) is -0.0216. The van der Waals surface area contributed by atoms with Gasteiger partial charge in [-0.15, -0.1) is 11.3 Å². The fraction of sp³-hybridized carbons (Fsp3) is 0.478. The summed E-state index contributed by atoms with van der Waals surface area (Å²) in [6.45, 7) is 5.87. The van der Waals surface area contributed by atoms with Gasteiger partial charge < -0.3 is 15.1 Å². The predicted molar refractivity (Wildman–Crippen MR) is 121 cm³/mol. The molecule has 1 N–H and O–H groups in total. The van der Waals surface area contributed by atoms with Crippen LogP contribution in [0.3, 0.4) is 0 Å². The van der Waals surface area contributed by atoms with Gasteiger partial charge in [0.2, 0.25) is 5.91 Å². The molecule has 1 aromatic carbocycles. The topological polar surface area (TPSA) is 52.7 Å². The second kappa shape index (κ2) is 10.0. The fourth-order valence-electron chi connectivity index (χ4n) is 3.99. The van der Waals surface area contributed by atoms with Crippen molar-refractivity contribution >= 4 is 33.2 Å². The molecule has 2 heterocycles. The van der Waals surface area contributed by atoms with E-state index >= 15 is 0 Å². The van der Waals surface area contributed by atoms with Crippen molar-refractivity contribution in [2.45, 2.75) is 38.1 Å². The molecule has 0 bridgehead atoms. The molecular formula is C23H31N3O2S. The second-order valence-electron chi connectivity index (χ2n) is 7.91. The van der Waals surface area contributed by atoms with Crippen LogP contribution in [-0.4, -0.2) is 61.4 Å². The largest absolute Gasteiger partial charge is 0.350 e. The molecule has 0 saturated carbocycles. The highest BCUT2D eigenvalue weighted by Crippen LogP contribution is 2.34. The molecule has 0 radical (unpaired) electrons. The van der Waals surface area contributed by atoms with Crippen LogP contribution in [0.4, 0.5) is 0 Å². The molecule has 1 fully saturated rings. The van der Waals surface area contributed by atoms with E-state index in [-0.39, 0.29) is 17.9 Å². The van der Waals surface area contributed by atoms with Crippen LogP contribution < -0.4 is 5.32 Å². The van der Waals surface area contributed by atoms with Crippen LogP contribution in [0.1, 0.15) is 40.9 Å². The predicted octanol–water partition coefficient (Wildman–Crippen LogP) is 3.69. The molecule has 2 amide bonds. The van der Waals surface area contributed by atoms with E-state index in [1.807, 2.05) is 31.1 Å². The van der Waals surface area contributed by atoms with Gasteiger partial charge in [-0.2, -0.15) is 0 Å². The van der Waals surface area contributed by atoms with Crippen LogP contribution in [0.2, 0.25) is 0 Å². The summed E-state index contributed by atoms with van der Waals surface area (Å²) in [6, 6.07) is 8.30. The zero-order valence-corrected chi connectivity index (χ0v) is 18.3. The van der Waals surface area contributed by atoms with E-state index in [9.17, 15) is 9.59 Å². The normalized spacial score (nSPS) is 17.3. The molecule has 6 heteroatoms. The Labute approximate surface area is 177 Å². The van der Waals surface area contributed by atoms with Gasteiger partial charge in [0.15, 0.2) is 0 Å². The van der Waals surface area contributed by atoms with Crippen molar-refractivity contribution in [2.24, 2.45) is 0 Å². The van der Waals surface area contributed by atoms with Gasteiger partial charge in [0, 0.05) is 30.4 Å². The summed E-state index contributed by atoms with van der Waals surface area (Å²) >= 11 is 1.55. The molecule has 5 nitrogen and oxygen atoms in total. The zero-order chi connectivity index (χ0) is 20.8. The molecule has 1 saturated heterocycles. The number of amides is 2. The first-order valence-electron chi connectivity index (χ1n) is 10.4. The lowest BCUT2D eigenvalue weighted by Gasteiger charge is -2.29. The number of likely N-dealkylation sites (tertiary alicyclic amines) is 1. The minimum atomic E-state index is -0.0155. The molecule has 1 aliphatic rings. The standard InChI is InChI=1S/C23H31N3O2S/c1-4-21(27)26-14-9-5-6-10-17(26)16-19-18-11-7-8-12-20(18)29-22(19)23(28)24-13-15-25(2)3/h4,7-8,11-12,17H,1,5-6,9-10,13-16H2,2-3H3,(H,24,28). The van der Waals surface area contributed by atoms with E-state index in [4.69, 9.17) is 0 Å². The summed E-state index contributed by atoms with van der Waals surface area (Å²) in [7, 11) is 3.99. The van der Waals surface area contributed by atoms with E-state index in [1.54, 1.807) is 11.3 Å².